The zero-order valence-electron chi connectivity index (χ0n) is 21.3. The lowest BCUT2D eigenvalue weighted by molar-refractivity contribution is -0.114. The van der Waals surface area contributed by atoms with Crippen molar-refractivity contribution in [3.8, 4) is 28.3 Å². The lowest BCUT2D eigenvalue weighted by Crippen LogP contribution is -2.31. The van der Waals surface area contributed by atoms with Crippen LogP contribution in [0.2, 0.25) is 0 Å². The van der Waals surface area contributed by atoms with Gasteiger partial charge >= 0.3 is 0 Å². The average Bonchev–Trinajstić information content (AvgIpc) is 3.44. The lowest BCUT2D eigenvalue weighted by atomic mass is 9.93. The van der Waals surface area contributed by atoms with E-state index < -0.39 is 11.8 Å². The maximum absolute atomic E-state index is 13.1. The van der Waals surface area contributed by atoms with Crippen LogP contribution in [0.15, 0.2) is 83.0 Å². The molecule has 10 nitrogen and oxygen atoms in total. The van der Waals surface area contributed by atoms with Gasteiger partial charge in [0.15, 0.2) is 0 Å². The van der Waals surface area contributed by atoms with Crippen LogP contribution in [-0.4, -0.2) is 34.3 Å². The van der Waals surface area contributed by atoms with E-state index in [1.165, 1.54) is 13.3 Å². The number of aryl methyl sites for hydroxylation is 2. The van der Waals surface area contributed by atoms with Crippen molar-refractivity contribution < 1.29 is 24.1 Å². The molecule has 0 aliphatic rings. The van der Waals surface area contributed by atoms with E-state index in [2.05, 4.69) is 20.8 Å². The third kappa shape index (κ3) is 5.55. The summed E-state index contributed by atoms with van der Waals surface area (Å²) in [6.07, 6.45) is 1.21. The molecule has 0 aliphatic heterocycles. The number of methoxy groups -OCH3 is 1. The summed E-state index contributed by atoms with van der Waals surface area (Å²) in [5, 5.41) is 18.8. The smallest absolute Gasteiger partial charge is 0.275 e. The Morgan fingerprint density at radius 1 is 1.00 bits per heavy atom. The second-order valence-corrected chi connectivity index (χ2v) is 8.54. The van der Waals surface area contributed by atoms with E-state index in [9.17, 15) is 14.8 Å². The first kappa shape index (κ1) is 26.1. The minimum Gasteiger partial charge on any atom is -0.496 e. The second-order valence-electron chi connectivity index (χ2n) is 8.54. The monoisotopic (exact) mass is 513 g/mol. The SMILES string of the molecule is COc1ccc(C(=O)N/C(C)=C(\NO)C(=O)Nc2cccc(-c3ncon3)c2)cc1-c1c(C)cccc1C. The Hall–Kier alpha value is -4.96. The van der Waals surface area contributed by atoms with Crippen molar-refractivity contribution in [2.75, 3.05) is 12.4 Å². The molecule has 4 N–H and O–H groups in total. The summed E-state index contributed by atoms with van der Waals surface area (Å²) in [7, 11) is 1.58. The Balaban J connectivity index is 1.57. The summed E-state index contributed by atoms with van der Waals surface area (Å²) in [6.45, 7) is 5.50. The Morgan fingerprint density at radius 3 is 2.39 bits per heavy atom. The molecule has 1 aromatic heterocycles. The number of rotatable bonds is 8. The predicted octanol–water partition coefficient (Wildman–Crippen LogP) is 4.61. The van der Waals surface area contributed by atoms with Crippen molar-refractivity contribution in [3.05, 3.63) is 95.1 Å². The largest absolute Gasteiger partial charge is 0.496 e. The number of allylic oxidation sites excluding steroid dienone is 1. The van der Waals surface area contributed by atoms with E-state index in [1.54, 1.807) is 49.6 Å². The zero-order valence-corrected chi connectivity index (χ0v) is 21.3. The van der Waals surface area contributed by atoms with Crippen LogP contribution in [0.25, 0.3) is 22.5 Å². The molecule has 0 aliphatic carbocycles. The van der Waals surface area contributed by atoms with E-state index in [4.69, 9.17) is 9.26 Å². The van der Waals surface area contributed by atoms with Gasteiger partial charge in [-0.05, 0) is 67.8 Å². The van der Waals surface area contributed by atoms with Crippen molar-refractivity contribution in [3.63, 3.8) is 0 Å². The summed E-state index contributed by atoms with van der Waals surface area (Å²) in [5.41, 5.74) is 7.03. The van der Waals surface area contributed by atoms with Gasteiger partial charge in [-0.2, -0.15) is 4.98 Å². The molecule has 0 saturated carbocycles. The Bertz CT molecular complexity index is 1490. The molecule has 38 heavy (non-hydrogen) atoms. The molecule has 4 rings (SSSR count). The Kier molecular flexibility index (Phi) is 7.83. The highest BCUT2D eigenvalue weighted by atomic mass is 16.5. The van der Waals surface area contributed by atoms with E-state index >= 15 is 0 Å². The highest BCUT2D eigenvalue weighted by molar-refractivity contribution is 6.05. The van der Waals surface area contributed by atoms with Gasteiger partial charge in [0.25, 0.3) is 11.8 Å². The maximum Gasteiger partial charge on any atom is 0.275 e. The topological polar surface area (TPSA) is 139 Å². The minimum atomic E-state index is -0.665. The second kappa shape index (κ2) is 11.4. The number of carbonyl (C=O) groups excluding carboxylic acids is 2. The van der Waals surface area contributed by atoms with Crippen molar-refractivity contribution in [2.45, 2.75) is 20.8 Å². The molecule has 0 unspecified atom stereocenters. The van der Waals surface area contributed by atoms with Crippen LogP contribution in [-0.2, 0) is 4.79 Å². The number of hydroxylamine groups is 1. The zero-order chi connectivity index (χ0) is 27.2. The van der Waals surface area contributed by atoms with Gasteiger partial charge in [0, 0.05) is 28.1 Å². The molecule has 0 bridgehead atoms. The van der Waals surface area contributed by atoms with Crippen molar-refractivity contribution in [1.82, 2.24) is 20.9 Å². The fourth-order valence-corrected chi connectivity index (χ4v) is 4.12. The molecule has 0 saturated heterocycles. The van der Waals surface area contributed by atoms with Gasteiger partial charge in [0.2, 0.25) is 12.2 Å². The van der Waals surface area contributed by atoms with Gasteiger partial charge in [0.1, 0.15) is 11.4 Å². The van der Waals surface area contributed by atoms with Crippen molar-refractivity contribution in [1.29, 1.82) is 0 Å². The van der Waals surface area contributed by atoms with Crippen LogP contribution in [0, 0.1) is 13.8 Å². The molecule has 0 radical (unpaired) electrons. The standard InChI is InChI=1S/C28H27N5O5/c1-16-7-5-8-17(2)24(16)22-14-20(11-12-23(22)37-4)27(34)30-18(3)25(32-36)28(35)31-21-10-6-9-19(13-21)26-29-15-38-33-26/h5-15,32,36H,1-4H3,(H,30,34)(H,31,35)/b25-18-. The molecule has 194 valence electrons. The van der Waals surface area contributed by atoms with Crippen LogP contribution in [0.1, 0.15) is 28.4 Å². The molecule has 2 amide bonds. The van der Waals surface area contributed by atoms with Gasteiger partial charge in [-0.1, -0.05) is 35.5 Å². The number of aromatic nitrogens is 2. The summed E-state index contributed by atoms with van der Waals surface area (Å²) in [5.74, 6) is -0.134. The van der Waals surface area contributed by atoms with Crippen LogP contribution in [0.4, 0.5) is 5.69 Å². The van der Waals surface area contributed by atoms with Gasteiger partial charge < -0.3 is 19.9 Å². The number of hydrogen-bond donors (Lipinski definition) is 4. The third-order valence-electron chi connectivity index (χ3n) is 5.97. The van der Waals surface area contributed by atoms with E-state index in [0.29, 0.717) is 28.4 Å². The molecular formula is C28H27N5O5. The van der Waals surface area contributed by atoms with Crippen LogP contribution in [0.5, 0.6) is 5.75 Å². The number of hydrogen-bond acceptors (Lipinski definition) is 8. The highest BCUT2D eigenvalue weighted by Gasteiger charge is 2.18. The Morgan fingerprint density at radius 2 is 1.74 bits per heavy atom. The minimum absolute atomic E-state index is 0.119. The number of carbonyl (C=O) groups is 2. The first-order valence-electron chi connectivity index (χ1n) is 11.7. The molecule has 10 heteroatoms. The van der Waals surface area contributed by atoms with Gasteiger partial charge in [-0.25, -0.2) is 0 Å². The fraction of sp³-hybridized carbons (Fsp3) is 0.143. The number of anilines is 1. The maximum atomic E-state index is 13.1. The number of benzene rings is 3. The van der Waals surface area contributed by atoms with Gasteiger partial charge in [-0.15, -0.1) is 0 Å². The molecule has 3 aromatic carbocycles. The van der Waals surface area contributed by atoms with Crippen molar-refractivity contribution in [2.24, 2.45) is 0 Å². The first-order valence-corrected chi connectivity index (χ1v) is 11.7. The molecule has 1 heterocycles. The summed E-state index contributed by atoms with van der Waals surface area (Å²) in [6, 6.07) is 17.9. The number of amides is 2. The highest BCUT2D eigenvalue weighted by Crippen LogP contribution is 2.35. The van der Waals surface area contributed by atoms with Crippen molar-refractivity contribution >= 4 is 17.5 Å². The molecular weight excluding hydrogens is 486 g/mol. The van der Waals surface area contributed by atoms with E-state index in [-0.39, 0.29) is 11.4 Å². The normalized spacial score (nSPS) is 11.4. The van der Waals surface area contributed by atoms with Crippen LogP contribution in [0.3, 0.4) is 0 Å². The first-order chi connectivity index (χ1) is 18.3. The fourth-order valence-electron chi connectivity index (χ4n) is 4.12. The number of nitrogens with one attached hydrogen (secondary N) is 3. The molecule has 4 aromatic rings. The quantitative estimate of drug-likeness (QED) is 0.198. The van der Waals surface area contributed by atoms with E-state index in [1.807, 2.05) is 37.5 Å². The van der Waals surface area contributed by atoms with Crippen LogP contribution < -0.4 is 20.9 Å². The molecule has 0 spiro atoms. The number of nitrogens with zero attached hydrogens (tertiary/aromatic N) is 2. The lowest BCUT2D eigenvalue weighted by Gasteiger charge is -2.16. The third-order valence-corrected chi connectivity index (χ3v) is 5.97. The van der Waals surface area contributed by atoms with Crippen LogP contribution >= 0.6 is 0 Å². The summed E-state index contributed by atoms with van der Waals surface area (Å²) < 4.78 is 10.3. The Labute approximate surface area is 219 Å². The van der Waals surface area contributed by atoms with Gasteiger partial charge in [-0.3, -0.25) is 20.3 Å². The van der Waals surface area contributed by atoms with E-state index in [0.717, 1.165) is 22.3 Å². The number of ether oxygens (including phenoxy) is 1. The van der Waals surface area contributed by atoms with Gasteiger partial charge in [0.05, 0.1) is 7.11 Å². The summed E-state index contributed by atoms with van der Waals surface area (Å²) >= 11 is 0. The molecule has 0 atom stereocenters. The molecule has 0 fully saturated rings. The average molecular weight is 514 g/mol. The summed E-state index contributed by atoms with van der Waals surface area (Å²) in [4.78, 5) is 30.0. The predicted molar refractivity (Wildman–Crippen MR) is 141 cm³/mol.